The quantitative estimate of drug-likeness (QED) is 0.693. The molecule has 0 unspecified atom stereocenters. The third kappa shape index (κ3) is 6.07. The Hall–Kier alpha value is -1.08. The van der Waals surface area contributed by atoms with E-state index in [1.807, 2.05) is 13.8 Å². The summed E-state index contributed by atoms with van der Waals surface area (Å²) in [6.07, 6.45) is 7.11. The van der Waals surface area contributed by atoms with E-state index in [0.29, 0.717) is 6.04 Å². The second-order valence-electron chi connectivity index (χ2n) is 6.36. The molecule has 4 nitrogen and oxygen atoms in total. The highest BCUT2D eigenvalue weighted by atomic mass is 16.1. The second kappa shape index (κ2) is 7.49. The van der Waals surface area contributed by atoms with Gasteiger partial charge in [0.25, 0.3) is 0 Å². The van der Waals surface area contributed by atoms with Gasteiger partial charge in [-0.25, -0.2) is 0 Å². The Morgan fingerprint density at radius 1 is 1.32 bits per heavy atom. The lowest BCUT2D eigenvalue weighted by molar-refractivity contribution is -0.122. The molecular formula is C15H27N3O. The molecule has 1 aliphatic carbocycles. The van der Waals surface area contributed by atoms with Crippen LogP contribution >= 0.6 is 0 Å². The van der Waals surface area contributed by atoms with Gasteiger partial charge in [-0.05, 0) is 58.9 Å². The van der Waals surface area contributed by atoms with E-state index >= 15 is 0 Å². The summed E-state index contributed by atoms with van der Waals surface area (Å²) in [4.78, 5) is 11.1. The maximum absolute atomic E-state index is 11.1. The number of nitrogens with zero attached hydrogens (tertiary/aromatic N) is 1. The number of nitrogens with one attached hydrogen (secondary N) is 1. The highest BCUT2D eigenvalue weighted by Gasteiger charge is 2.24. The summed E-state index contributed by atoms with van der Waals surface area (Å²) >= 11 is 0. The van der Waals surface area contributed by atoms with E-state index in [4.69, 9.17) is 11.0 Å². The van der Waals surface area contributed by atoms with Gasteiger partial charge >= 0.3 is 0 Å². The minimum atomic E-state index is -0.195. The minimum Gasteiger partial charge on any atom is -0.369 e. The number of nitriles is 1. The molecule has 0 aromatic heterocycles. The van der Waals surface area contributed by atoms with Crippen LogP contribution in [0.2, 0.25) is 0 Å². The Morgan fingerprint density at radius 2 is 1.95 bits per heavy atom. The molecule has 0 radical (unpaired) electrons. The number of amides is 1. The van der Waals surface area contributed by atoms with Gasteiger partial charge in [-0.15, -0.1) is 0 Å². The molecule has 0 spiro atoms. The molecule has 0 bridgehead atoms. The Bertz CT molecular complexity index is 325. The zero-order chi connectivity index (χ0) is 14.3. The van der Waals surface area contributed by atoms with Crippen molar-refractivity contribution in [2.75, 3.05) is 6.54 Å². The molecule has 1 rings (SSSR count). The molecule has 0 saturated heterocycles. The van der Waals surface area contributed by atoms with Gasteiger partial charge in [0.15, 0.2) is 0 Å². The molecule has 0 atom stereocenters. The van der Waals surface area contributed by atoms with Crippen LogP contribution in [0.4, 0.5) is 0 Å². The first-order valence-electron chi connectivity index (χ1n) is 7.38. The van der Waals surface area contributed by atoms with Crippen molar-refractivity contribution in [3.8, 4) is 6.07 Å². The van der Waals surface area contributed by atoms with Crippen LogP contribution < -0.4 is 11.1 Å². The topological polar surface area (TPSA) is 78.9 Å². The Balaban J connectivity index is 2.06. The van der Waals surface area contributed by atoms with Crippen LogP contribution in [0.5, 0.6) is 0 Å². The van der Waals surface area contributed by atoms with E-state index < -0.39 is 0 Å². The van der Waals surface area contributed by atoms with E-state index in [0.717, 1.165) is 51.5 Å². The maximum atomic E-state index is 11.1. The van der Waals surface area contributed by atoms with E-state index in [2.05, 4.69) is 11.4 Å². The van der Waals surface area contributed by atoms with Crippen LogP contribution in [0.1, 0.15) is 58.8 Å². The zero-order valence-corrected chi connectivity index (χ0v) is 12.2. The van der Waals surface area contributed by atoms with Crippen molar-refractivity contribution in [2.24, 2.45) is 17.1 Å². The molecule has 19 heavy (non-hydrogen) atoms. The lowest BCUT2D eigenvalue weighted by Gasteiger charge is -2.27. The van der Waals surface area contributed by atoms with Crippen molar-refractivity contribution < 1.29 is 4.79 Å². The average molecular weight is 265 g/mol. The van der Waals surface area contributed by atoms with Crippen LogP contribution in [0.25, 0.3) is 0 Å². The number of unbranched alkanes of at least 4 members (excludes halogenated alkanes) is 1. The first-order chi connectivity index (χ1) is 8.94. The number of hydrogen-bond acceptors (Lipinski definition) is 3. The summed E-state index contributed by atoms with van der Waals surface area (Å²) in [7, 11) is 0. The van der Waals surface area contributed by atoms with Crippen LogP contribution in [0, 0.1) is 22.7 Å². The monoisotopic (exact) mass is 265 g/mol. The summed E-state index contributed by atoms with van der Waals surface area (Å²) in [6.45, 7) is 4.99. The number of rotatable bonds is 7. The standard InChI is InChI=1S/C15H27N3O/c1-15(2,11-16)9-3-4-10-18-13-7-5-12(6-8-13)14(17)19/h12-13,18H,3-10H2,1-2H3,(H2,17,19). The summed E-state index contributed by atoms with van der Waals surface area (Å²) in [5.74, 6) is -0.0494. The molecule has 1 amide bonds. The number of hydrogen-bond donors (Lipinski definition) is 2. The molecule has 4 heteroatoms. The first-order valence-corrected chi connectivity index (χ1v) is 7.38. The summed E-state index contributed by atoms with van der Waals surface area (Å²) in [5, 5.41) is 12.5. The van der Waals surface area contributed by atoms with Crippen molar-refractivity contribution >= 4 is 5.91 Å². The van der Waals surface area contributed by atoms with Crippen molar-refractivity contribution in [1.82, 2.24) is 5.32 Å². The largest absolute Gasteiger partial charge is 0.369 e. The molecule has 0 aromatic rings. The minimum absolute atomic E-state index is 0.0921. The molecule has 1 saturated carbocycles. The zero-order valence-electron chi connectivity index (χ0n) is 12.2. The Morgan fingerprint density at radius 3 is 2.47 bits per heavy atom. The maximum Gasteiger partial charge on any atom is 0.220 e. The molecular weight excluding hydrogens is 238 g/mol. The van der Waals surface area contributed by atoms with E-state index in [9.17, 15) is 4.79 Å². The predicted octanol–water partition coefficient (Wildman–Crippen LogP) is 2.34. The summed E-state index contributed by atoms with van der Waals surface area (Å²) in [6, 6.07) is 2.87. The molecule has 0 heterocycles. The van der Waals surface area contributed by atoms with Gasteiger partial charge in [-0.1, -0.05) is 6.42 Å². The number of carbonyl (C=O) groups is 1. The molecule has 108 valence electrons. The predicted molar refractivity (Wildman–Crippen MR) is 76.2 cm³/mol. The van der Waals surface area contributed by atoms with Crippen LogP contribution in [-0.4, -0.2) is 18.5 Å². The van der Waals surface area contributed by atoms with Gasteiger partial charge < -0.3 is 11.1 Å². The number of carbonyl (C=O) groups excluding carboxylic acids is 1. The van der Waals surface area contributed by atoms with Gasteiger partial charge in [-0.2, -0.15) is 5.26 Å². The van der Waals surface area contributed by atoms with Crippen LogP contribution in [0.15, 0.2) is 0 Å². The Kier molecular flexibility index (Phi) is 6.30. The average Bonchev–Trinajstić information content (AvgIpc) is 2.39. The summed E-state index contributed by atoms with van der Waals surface area (Å²) < 4.78 is 0. The first kappa shape index (κ1) is 16.0. The Labute approximate surface area is 116 Å². The molecule has 0 aromatic carbocycles. The third-order valence-electron chi connectivity index (χ3n) is 4.09. The number of primary amides is 1. The molecule has 1 aliphatic rings. The van der Waals surface area contributed by atoms with Crippen molar-refractivity contribution in [3.05, 3.63) is 0 Å². The van der Waals surface area contributed by atoms with E-state index in [1.54, 1.807) is 0 Å². The van der Waals surface area contributed by atoms with Gasteiger partial charge in [0, 0.05) is 12.0 Å². The smallest absolute Gasteiger partial charge is 0.220 e. The molecule has 1 fully saturated rings. The van der Waals surface area contributed by atoms with Crippen LogP contribution in [0.3, 0.4) is 0 Å². The molecule has 3 N–H and O–H groups in total. The van der Waals surface area contributed by atoms with Gasteiger partial charge in [0.1, 0.15) is 0 Å². The van der Waals surface area contributed by atoms with Gasteiger partial charge in [-0.3, -0.25) is 4.79 Å². The highest BCUT2D eigenvalue weighted by molar-refractivity contribution is 5.76. The lowest BCUT2D eigenvalue weighted by Crippen LogP contribution is -2.37. The number of nitrogens with two attached hydrogens (primary N) is 1. The fraction of sp³-hybridized carbons (Fsp3) is 0.867. The fourth-order valence-electron chi connectivity index (χ4n) is 2.64. The molecule has 0 aliphatic heterocycles. The lowest BCUT2D eigenvalue weighted by atomic mass is 9.85. The van der Waals surface area contributed by atoms with Crippen LogP contribution in [-0.2, 0) is 4.79 Å². The second-order valence-corrected chi connectivity index (χ2v) is 6.36. The van der Waals surface area contributed by atoms with Gasteiger partial charge in [0.05, 0.1) is 11.5 Å². The highest BCUT2D eigenvalue weighted by Crippen LogP contribution is 2.24. The third-order valence-corrected chi connectivity index (χ3v) is 4.09. The summed E-state index contributed by atoms with van der Waals surface area (Å²) in [5.41, 5.74) is 5.13. The van der Waals surface area contributed by atoms with E-state index in [1.165, 1.54) is 0 Å². The van der Waals surface area contributed by atoms with E-state index in [-0.39, 0.29) is 17.2 Å². The fourth-order valence-corrected chi connectivity index (χ4v) is 2.64. The van der Waals surface area contributed by atoms with Crippen molar-refractivity contribution in [3.63, 3.8) is 0 Å². The van der Waals surface area contributed by atoms with Crippen molar-refractivity contribution in [1.29, 1.82) is 5.26 Å². The normalized spacial score (nSPS) is 23.8. The van der Waals surface area contributed by atoms with Crippen molar-refractivity contribution in [2.45, 2.75) is 64.8 Å². The SMILES string of the molecule is CC(C)(C#N)CCCCNC1CCC(C(N)=O)CC1. The van der Waals surface area contributed by atoms with Gasteiger partial charge in [0.2, 0.25) is 5.91 Å².